The lowest BCUT2D eigenvalue weighted by molar-refractivity contribution is 0.601. The molecule has 0 radical (unpaired) electrons. The van der Waals surface area contributed by atoms with Crippen LogP contribution in [0.3, 0.4) is 0 Å². The summed E-state index contributed by atoms with van der Waals surface area (Å²) >= 11 is 1.72. The molecule has 1 aromatic carbocycles. The van der Waals surface area contributed by atoms with Gasteiger partial charge in [-0.3, -0.25) is 4.99 Å². The van der Waals surface area contributed by atoms with Gasteiger partial charge in [-0.2, -0.15) is 0 Å². The molecule has 148 valence electrons. The molecule has 0 bridgehead atoms. The van der Waals surface area contributed by atoms with E-state index in [1.807, 2.05) is 26.0 Å². The predicted octanol–water partition coefficient (Wildman–Crippen LogP) is 2.85. The molecular weight excluding hydrogens is 380 g/mol. The summed E-state index contributed by atoms with van der Waals surface area (Å²) in [5.74, 6) is 0.741. The van der Waals surface area contributed by atoms with Crippen molar-refractivity contribution in [1.82, 2.24) is 15.6 Å². The van der Waals surface area contributed by atoms with Crippen LogP contribution in [0.4, 0.5) is 0 Å². The number of thiazole rings is 1. The van der Waals surface area contributed by atoms with E-state index in [2.05, 4.69) is 26.0 Å². The zero-order valence-corrected chi connectivity index (χ0v) is 18.0. The van der Waals surface area contributed by atoms with Crippen LogP contribution in [0.2, 0.25) is 0 Å². The molecule has 1 aromatic heterocycles. The molecule has 0 atom stereocenters. The molecule has 0 aliphatic rings. The molecular formula is C19H28N4O2S2. The fraction of sp³-hybridized carbons (Fsp3) is 0.474. The summed E-state index contributed by atoms with van der Waals surface area (Å²) in [4.78, 5) is 9.08. The number of nitrogens with zero attached hydrogens (tertiary/aromatic N) is 2. The van der Waals surface area contributed by atoms with Gasteiger partial charge in [-0.05, 0) is 50.3 Å². The standard InChI is InChI=1S/C19H28N4O2S2/c1-14-11-16(8-9-17(14)27(4,24)25)12-22-19(20-3)21-10-6-5-7-18-23-15(2)13-26-18/h8-9,11,13H,5-7,10,12H2,1-4H3,(H2,20,21,22). The van der Waals surface area contributed by atoms with Gasteiger partial charge in [0.15, 0.2) is 15.8 Å². The number of aromatic nitrogens is 1. The van der Waals surface area contributed by atoms with E-state index in [9.17, 15) is 8.42 Å². The van der Waals surface area contributed by atoms with Crippen LogP contribution < -0.4 is 10.6 Å². The number of rotatable bonds is 8. The summed E-state index contributed by atoms with van der Waals surface area (Å²) < 4.78 is 23.4. The quantitative estimate of drug-likeness (QED) is 0.399. The molecule has 2 N–H and O–H groups in total. The zero-order valence-electron chi connectivity index (χ0n) is 16.4. The fourth-order valence-electron chi connectivity index (χ4n) is 2.77. The van der Waals surface area contributed by atoms with Gasteiger partial charge in [0.05, 0.1) is 9.90 Å². The van der Waals surface area contributed by atoms with Gasteiger partial charge >= 0.3 is 0 Å². The number of aliphatic imine (C=N–C) groups is 1. The van der Waals surface area contributed by atoms with Crippen LogP contribution in [0.15, 0.2) is 33.5 Å². The minimum atomic E-state index is -3.18. The van der Waals surface area contributed by atoms with Gasteiger partial charge in [0, 0.05) is 37.5 Å². The van der Waals surface area contributed by atoms with E-state index >= 15 is 0 Å². The summed E-state index contributed by atoms with van der Waals surface area (Å²) in [6.07, 6.45) is 4.37. The SMILES string of the molecule is CN=C(NCCCCc1nc(C)cs1)NCc1ccc(S(C)(=O)=O)c(C)c1. The monoisotopic (exact) mass is 408 g/mol. The van der Waals surface area contributed by atoms with Crippen LogP contribution in [0.5, 0.6) is 0 Å². The fourth-order valence-corrected chi connectivity index (χ4v) is 4.55. The Morgan fingerprint density at radius 1 is 1.22 bits per heavy atom. The third-order valence-electron chi connectivity index (χ3n) is 4.10. The summed E-state index contributed by atoms with van der Waals surface area (Å²) in [6.45, 7) is 5.27. The molecule has 0 aliphatic heterocycles. The summed E-state index contributed by atoms with van der Waals surface area (Å²) in [7, 11) is -1.44. The first kappa shape index (κ1) is 21.4. The maximum atomic E-state index is 11.7. The third kappa shape index (κ3) is 6.95. The number of sulfone groups is 1. The molecule has 0 amide bonds. The lowest BCUT2D eigenvalue weighted by atomic mass is 10.1. The van der Waals surface area contributed by atoms with E-state index < -0.39 is 9.84 Å². The molecule has 0 aliphatic carbocycles. The first-order valence-corrected chi connectivity index (χ1v) is 11.7. The van der Waals surface area contributed by atoms with Crippen LogP contribution in [0, 0.1) is 13.8 Å². The predicted molar refractivity (Wildman–Crippen MR) is 112 cm³/mol. The maximum absolute atomic E-state index is 11.7. The average molecular weight is 409 g/mol. The Bertz CT molecular complexity index is 889. The highest BCUT2D eigenvalue weighted by molar-refractivity contribution is 7.90. The molecule has 27 heavy (non-hydrogen) atoms. The van der Waals surface area contributed by atoms with Gasteiger partial charge in [0.2, 0.25) is 0 Å². The Kier molecular flexibility index (Phi) is 7.79. The molecule has 6 nitrogen and oxygen atoms in total. The van der Waals surface area contributed by atoms with Crippen LogP contribution in [0.25, 0.3) is 0 Å². The van der Waals surface area contributed by atoms with Crippen molar-refractivity contribution < 1.29 is 8.42 Å². The van der Waals surface area contributed by atoms with Crippen molar-refractivity contribution in [2.75, 3.05) is 19.8 Å². The minimum Gasteiger partial charge on any atom is -0.356 e. The first-order valence-electron chi connectivity index (χ1n) is 8.94. The topological polar surface area (TPSA) is 83.4 Å². The number of hydrogen-bond donors (Lipinski definition) is 2. The smallest absolute Gasteiger partial charge is 0.191 e. The van der Waals surface area contributed by atoms with Crippen molar-refractivity contribution in [3.8, 4) is 0 Å². The zero-order chi connectivity index (χ0) is 19.9. The van der Waals surface area contributed by atoms with Gasteiger partial charge in [-0.25, -0.2) is 13.4 Å². The summed E-state index contributed by atoms with van der Waals surface area (Å²) in [5, 5.41) is 9.85. The van der Waals surface area contributed by atoms with Crippen LogP contribution in [-0.2, 0) is 22.8 Å². The molecule has 8 heteroatoms. The van der Waals surface area contributed by atoms with Crippen molar-refractivity contribution in [3.63, 3.8) is 0 Å². The largest absolute Gasteiger partial charge is 0.356 e. The Balaban J connectivity index is 1.74. The number of hydrogen-bond acceptors (Lipinski definition) is 5. The van der Waals surface area contributed by atoms with Gasteiger partial charge in [-0.1, -0.05) is 12.1 Å². The lowest BCUT2D eigenvalue weighted by Crippen LogP contribution is -2.37. The summed E-state index contributed by atoms with van der Waals surface area (Å²) in [6, 6.07) is 5.39. The highest BCUT2D eigenvalue weighted by atomic mass is 32.2. The van der Waals surface area contributed by atoms with Gasteiger partial charge < -0.3 is 10.6 Å². The van der Waals surface area contributed by atoms with E-state index in [1.54, 1.807) is 24.5 Å². The molecule has 2 aromatic rings. The second-order valence-corrected chi connectivity index (χ2v) is 9.49. The Morgan fingerprint density at radius 3 is 2.59 bits per heavy atom. The first-order chi connectivity index (χ1) is 12.8. The Labute approximate surface area is 166 Å². The molecule has 0 spiro atoms. The van der Waals surface area contributed by atoms with Crippen molar-refractivity contribution in [2.24, 2.45) is 4.99 Å². The van der Waals surface area contributed by atoms with Crippen molar-refractivity contribution >= 4 is 27.1 Å². The maximum Gasteiger partial charge on any atom is 0.191 e. The third-order valence-corrected chi connectivity index (χ3v) is 6.38. The second kappa shape index (κ2) is 9.85. The number of benzene rings is 1. The number of aryl methyl sites for hydroxylation is 3. The van der Waals surface area contributed by atoms with E-state index in [-0.39, 0.29) is 0 Å². The van der Waals surface area contributed by atoms with Crippen LogP contribution >= 0.6 is 11.3 Å². The Morgan fingerprint density at radius 2 is 2.00 bits per heavy atom. The molecule has 0 unspecified atom stereocenters. The van der Waals surface area contributed by atoms with Crippen molar-refractivity contribution in [1.29, 1.82) is 0 Å². The minimum absolute atomic E-state index is 0.379. The van der Waals surface area contributed by atoms with E-state index in [0.717, 1.165) is 48.6 Å². The van der Waals surface area contributed by atoms with Crippen molar-refractivity contribution in [2.45, 2.75) is 44.6 Å². The van der Waals surface area contributed by atoms with E-state index in [1.165, 1.54) is 11.3 Å². The van der Waals surface area contributed by atoms with E-state index in [4.69, 9.17) is 0 Å². The van der Waals surface area contributed by atoms with Crippen LogP contribution in [-0.4, -0.2) is 39.2 Å². The lowest BCUT2D eigenvalue weighted by Gasteiger charge is -2.13. The highest BCUT2D eigenvalue weighted by Crippen LogP contribution is 2.16. The second-order valence-electron chi connectivity index (χ2n) is 6.56. The number of unbranched alkanes of at least 4 members (excludes halogenated alkanes) is 1. The van der Waals surface area contributed by atoms with Gasteiger partial charge in [0.1, 0.15) is 0 Å². The summed E-state index contributed by atoms with van der Waals surface area (Å²) in [5.41, 5.74) is 2.87. The Hall–Kier alpha value is -1.93. The van der Waals surface area contributed by atoms with Gasteiger partial charge in [0.25, 0.3) is 0 Å². The van der Waals surface area contributed by atoms with Gasteiger partial charge in [-0.15, -0.1) is 11.3 Å². The molecule has 1 heterocycles. The van der Waals surface area contributed by atoms with Crippen molar-refractivity contribution in [3.05, 3.63) is 45.4 Å². The number of guanidine groups is 1. The average Bonchev–Trinajstić information content (AvgIpc) is 3.01. The normalized spacial score (nSPS) is 12.2. The van der Waals surface area contributed by atoms with E-state index in [0.29, 0.717) is 11.4 Å². The molecule has 0 saturated heterocycles. The van der Waals surface area contributed by atoms with Crippen LogP contribution in [0.1, 0.15) is 34.7 Å². The molecule has 2 rings (SSSR count). The number of nitrogens with one attached hydrogen (secondary N) is 2. The highest BCUT2D eigenvalue weighted by Gasteiger charge is 2.10. The molecule has 0 saturated carbocycles. The molecule has 0 fully saturated rings.